The Bertz CT molecular complexity index is 710. The zero-order valence-electron chi connectivity index (χ0n) is 11.2. The second-order valence-corrected chi connectivity index (χ2v) is 5.86. The normalized spacial score (nSPS) is 11.3. The van der Waals surface area contributed by atoms with E-state index in [1.165, 1.54) is 21.8 Å². The third-order valence-electron chi connectivity index (χ3n) is 3.37. The van der Waals surface area contributed by atoms with Crippen LogP contribution in [0, 0.1) is 13.8 Å². The van der Waals surface area contributed by atoms with E-state index in [9.17, 15) is 0 Å². The SMILES string of the molecule is Cc1nc2sc(C)c(-c3ccccc3)n2c1CCN. The van der Waals surface area contributed by atoms with Gasteiger partial charge in [-0.2, -0.15) is 0 Å². The van der Waals surface area contributed by atoms with Crippen molar-refractivity contribution in [2.45, 2.75) is 20.3 Å². The number of nitrogens with two attached hydrogens (primary N) is 1. The molecular weight excluding hydrogens is 254 g/mol. The molecule has 19 heavy (non-hydrogen) atoms. The van der Waals surface area contributed by atoms with Crippen molar-refractivity contribution in [1.29, 1.82) is 0 Å². The highest BCUT2D eigenvalue weighted by Crippen LogP contribution is 2.33. The molecule has 2 heterocycles. The van der Waals surface area contributed by atoms with Gasteiger partial charge in [-0.3, -0.25) is 4.40 Å². The maximum Gasteiger partial charge on any atom is 0.194 e. The van der Waals surface area contributed by atoms with Gasteiger partial charge in [-0.15, -0.1) is 11.3 Å². The van der Waals surface area contributed by atoms with Gasteiger partial charge in [0, 0.05) is 17.0 Å². The maximum atomic E-state index is 5.74. The summed E-state index contributed by atoms with van der Waals surface area (Å²) in [5.74, 6) is 0. The number of thiazole rings is 1. The van der Waals surface area contributed by atoms with Crippen molar-refractivity contribution in [3.63, 3.8) is 0 Å². The smallest absolute Gasteiger partial charge is 0.194 e. The molecule has 0 bridgehead atoms. The van der Waals surface area contributed by atoms with Gasteiger partial charge in [0.05, 0.1) is 11.4 Å². The number of hydrogen-bond donors (Lipinski definition) is 1. The number of benzene rings is 1. The van der Waals surface area contributed by atoms with Crippen LogP contribution >= 0.6 is 11.3 Å². The first-order chi connectivity index (χ1) is 9.22. The first-order valence-electron chi connectivity index (χ1n) is 6.45. The average Bonchev–Trinajstić information content (AvgIpc) is 2.87. The van der Waals surface area contributed by atoms with E-state index in [2.05, 4.69) is 47.5 Å². The summed E-state index contributed by atoms with van der Waals surface area (Å²) in [6.07, 6.45) is 0.864. The fourth-order valence-corrected chi connectivity index (χ4v) is 3.59. The number of nitrogens with zero attached hydrogens (tertiary/aromatic N) is 2. The minimum absolute atomic E-state index is 0.651. The van der Waals surface area contributed by atoms with Gasteiger partial charge in [-0.05, 0) is 26.0 Å². The second-order valence-electron chi connectivity index (χ2n) is 4.67. The Labute approximate surface area is 116 Å². The zero-order chi connectivity index (χ0) is 13.4. The van der Waals surface area contributed by atoms with Crippen molar-refractivity contribution in [2.75, 3.05) is 6.54 Å². The van der Waals surface area contributed by atoms with Crippen LogP contribution in [0.5, 0.6) is 0 Å². The Morgan fingerprint density at radius 3 is 2.63 bits per heavy atom. The van der Waals surface area contributed by atoms with Crippen molar-refractivity contribution in [3.05, 3.63) is 46.6 Å². The lowest BCUT2D eigenvalue weighted by atomic mass is 10.1. The van der Waals surface area contributed by atoms with Gasteiger partial charge in [0.2, 0.25) is 0 Å². The van der Waals surface area contributed by atoms with E-state index in [0.717, 1.165) is 17.1 Å². The molecule has 0 saturated carbocycles. The lowest BCUT2D eigenvalue weighted by Gasteiger charge is -2.06. The van der Waals surface area contributed by atoms with Crippen molar-refractivity contribution in [2.24, 2.45) is 5.73 Å². The van der Waals surface area contributed by atoms with E-state index in [-0.39, 0.29) is 0 Å². The molecule has 2 N–H and O–H groups in total. The van der Waals surface area contributed by atoms with Gasteiger partial charge in [0.15, 0.2) is 4.96 Å². The van der Waals surface area contributed by atoms with Crippen molar-refractivity contribution in [1.82, 2.24) is 9.38 Å². The Balaban J connectivity index is 2.31. The highest BCUT2D eigenvalue weighted by Gasteiger charge is 2.17. The van der Waals surface area contributed by atoms with Crippen molar-refractivity contribution in [3.8, 4) is 11.3 Å². The molecule has 3 aromatic rings. The number of aromatic nitrogens is 2. The highest BCUT2D eigenvalue weighted by atomic mass is 32.1. The molecular formula is C15H17N3S. The van der Waals surface area contributed by atoms with Gasteiger partial charge >= 0.3 is 0 Å². The summed E-state index contributed by atoms with van der Waals surface area (Å²) in [5, 5.41) is 0. The van der Waals surface area contributed by atoms with E-state index < -0.39 is 0 Å². The second kappa shape index (κ2) is 4.79. The van der Waals surface area contributed by atoms with Crippen LogP contribution in [0.2, 0.25) is 0 Å². The molecule has 0 aliphatic heterocycles. The third kappa shape index (κ3) is 1.97. The molecule has 0 atom stereocenters. The minimum atomic E-state index is 0.651. The zero-order valence-corrected chi connectivity index (χ0v) is 12.0. The van der Waals surface area contributed by atoms with Gasteiger partial charge in [-0.1, -0.05) is 30.3 Å². The number of imidazole rings is 1. The largest absolute Gasteiger partial charge is 0.330 e. The number of hydrogen-bond acceptors (Lipinski definition) is 3. The summed E-state index contributed by atoms with van der Waals surface area (Å²) >= 11 is 1.75. The van der Waals surface area contributed by atoms with Crippen LogP contribution in [0.3, 0.4) is 0 Å². The predicted octanol–water partition coefficient (Wildman–Crippen LogP) is 3.18. The molecule has 0 unspecified atom stereocenters. The van der Waals surface area contributed by atoms with Crippen LogP contribution in [0.4, 0.5) is 0 Å². The van der Waals surface area contributed by atoms with Crippen LogP contribution in [0.25, 0.3) is 16.2 Å². The molecule has 2 aromatic heterocycles. The van der Waals surface area contributed by atoms with Crippen LogP contribution in [0.15, 0.2) is 30.3 Å². The molecule has 4 heteroatoms. The lowest BCUT2D eigenvalue weighted by molar-refractivity contribution is 0.898. The molecule has 1 aromatic carbocycles. The van der Waals surface area contributed by atoms with Gasteiger partial charge in [-0.25, -0.2) is 4.98 Å². The molecule has 0 fully saturated rings. The fraction of sp³-hybridized carbons (Fsp3) is 0.267. The average molecular weight is 271 g/mol. The molecule has 0 aliphatic rings. The Morgan fingerprint density at radius 2 is 1.95 bits per heavy atom. The quantitative estimate of drug-likeness (QED) is 0.795. The monoisotopic (exact) mass is 271 g/mol. The summed E-state index contributed by atoms with van der Waals surface area (Å²) in [6.45, 7) is 4.87. The van der Waals surface area contributed by atoms with E-state index in [1.54, 1.807) is 11.3 Å². The molecule has 0 spiro atoms. The molecule has 3 nitrogen and oxygen atoms in total. The van der Waals surface area contributed by atoms with Gasteiger partial charge < -0.3 is 5.73 Å². The molecule has 0 saturated heterocycles. The van der Waals surface area contributed by atoms with Crippen LogP contribution < -0.4 is 5.73 Å². The Kier molecular flexibility index (Phi) is 3.12. The molecule has 3 rings (SSSR count). The molecule has 98 valence electrons. The van der Waals surface area contributed by atoms with Crippen LogP contribution in [0.1, 0.15) is 16.3 Å². The topological polar surface area (TPSA) is 43.3 Å². The first-order valence-corrected chi connectivity index (χ1v) is 7.27. The number of rotatable bonds is 3. The Morgan fingerprint density at radius 1 is 1.21 bits per heavy atom. The summed E-state index contributed by atoms with van der Waals surface area (Å²) < 4.78 is 2.28. The molecule has 0 radical (unpaired) electrons. The third-order valence-corrected chi connectivity index (χ3v) is 4.33. The summed E-state index contributed by atoms with van der Waals surface area (Å²) in [6, 6.07) is 10.5. The number of aryl methyl sites for hydroxylation is 2. The standard InChI is InChI=1S/C15H17N3S/c1-10-13(8-9-16)18-14(11(2)19-15(18)17-10)12-6-4-3-5-7-12/h3-7H,8-9,16H2,1-2H3. The first kappa shape index (κ1) is 12.4. The minimum Gasteiger partial charge on any atom is -0.330 e. The fourth-order valence-electron chi connectivity index (χ4n) is 2.53. The highest BCUT2D eigenvalue weighted by molar-refractivity contribution is 7.17. The summed E-state index contributed by atoms with van der Waals surface area (Å²) in [5.41, 5.74) is 10.6. The summed E-state index contributed by atoms with van der Waals surface area (Å²) in [7, 11) is 0. The van der Waals surface area contributed by atoms with E-state index in [0.29, 0.717) is 6.54 Å². The Hall–Kier alpha value is -1.65. The lowest BCUT2D eigenvalue weighted by Crippen LogP contribution is -2.06. The molecule has 0 amide bonds. The van der Waals surface area contributed by atoms with Crippen LogP contribution in [-0.2, 0) is 6.42 Å². The van der Waals surface area contributed by atoms with Crippen molar-refractivity contribution < 1.29 is 0 Å². The van der Waals surface area contributed by atoms with Crippen LogP contribution in [-0.4, -0.2) is 15.9 Å². The van der Waals surface area contributed by atoms with E-state index in [4.69, 9.17) is 5.73 Å². The van der Waals surface area contributed by atoms with E-state index in [1.807, 2.05) is 6.07 Å². The molecule has 0 aliphatic carbocycles. The van der Waals surface area contributed by atoms with Gasteiger partial charge in [0.25, 0.3) is 0 Å². The van der Waals surface area contributed by atoms with E-state index >= 15 is 0 Å². The predicted molar refractivity (Wildman–Crippen MR) is 80.7 cm³/mol. The number of fused-ring (bicyclic) bond motifs is 1. The van der Waals surface area contributed by atoms with Gasteiger partial charge in [0.1, 0.15) is 0 Å². The van der Waals surface area contributed by atoms with Crippen molar-refractivity contribution >= 4 is 16.3 Å². The maximum absolute atomic E-state index is 5.74. The summed E-state index contributed by atoms with van der Waals surface area (Å²) in [4.78, 5) is 7.03.